The first kappa shape index (κ1) is 26.5. The van der Waals surface area contributed by atoms with E-state index < -0.39 is 11.9 Å². The van der Waals surface area contributed by atoms with Crippen LogP contribution in [0.4, 0.5) is 20.7 Å². The normalized spacial score (nSPS) is 15.1. The molecule has 1 aliphatic heterocycles. The Hall–Kier alpha value is -4.73. The Kier molecular flexibility index (Phi) is 6.90. The summed E-state index contributed by atoms with van der Waals surface area (Å²) >= 11 is 0. The van der Waals surface area contributed by atoms with Gasteiger partial charge in [0.25, 0.3) is 5.91 Å². The molecule has 0 atom stereocenters. The number of fused-ring (bicyclic) bond motifs is 1. The number of hydrogen-bond donors (Lipinski definition) is 2. The number of aromatic nitrogens is 3. The molecule has 4 aromatic rings. The number of nitrogens with zero attached hydrogens (tertiary/aromatic N) is 4. The van der Waals surface area contributed by atoms with Gasteiger partial charge in [0.15, 0.2) is 11.6 Å². The van der Waals surface area contributed by atoms with Crippen LogP contribution >= 0.6 is 0 Å². The maximum Gasteiger partial charge on any atom is 0.415 e. The fourth-order valence-corrected chi connectivity index (χ4v) is 5.41. The van der Waals surface area contributed by atoms with E-state index in [9.17, 15) is 9.59 Å². The molecule has 2 aromatic carbocycles. The lowest BCUT2D eigenvalue weighted by Gasteiger charge is -2.25. The number of carbonyl (C=O) groups excluding carboxylic acids is 2. The molecule has 2 fully saturated rings. The third kappa shape index (κ3) is 5.13. The second-order valence-corrected chi connectivity index (χ2v) is 10.6. The van der Waals surface area contributed by atoms with Crippen LogP contribution in [-0.4, -0.2) is 44.5 Å². The Morgan fingerprint density at radius 3 is 2.44 bits per heavy atom. The van der Waals surface area contributed by atoms with Gasteiger partial charge in [-0.05, 0) is 73.4 Å². The molecule has 0 spiro atoms. The van der Waals surface area contributed by atoms with Crippen molar-refractivity contribution in [2.45, 2.75) is 32.1 Å². The highest BCUT2D eigenvalue weighted by Gasteiger charge is 2.29. The zero-order chi connectivity index (χ0) is 28.7. The lowest BCUT2D eigenvalue weighted by Crippen LogP contribution is -2.37. The average molecular weight is 555 g/mol. The van der Waals surface area contributed by atoms with E-state index in [1.54, 1.807) is 11.0 Å². The van der Waals surface area contributed by atoms with E-state index in [-0.39, 0.29) is 23.4 Å². The third-order valence-electron chi connectivity index (χ3n) is 7.81. The average Bonchev–Trinajstić information content (AvgIpc) is 3.79. The Morgan fingerprint density at radius 1 is 1.05 bits per heavy atom. The summed E-state index contributed by atoms with van der Waals surface area (Å²) in [5.41, 5.74) is 10.9. The number of aryl methyl sites for hydroxylation is 1. The number of nitrogens with one attached hydrogen (secondary N) is 1. The van der Waals surface area contributed by atoms with E-state index in [1.165, 1.54) is 18.5 Å². The molecule has 0 unspecified atom stereocenters. The third-order valence-corrected chi connectivity index (χ3v) is 7.81. The molecule has 0 radical (unpaired) electrons. The minimum atomic E-state index is -0.666. The summed E-state index contributed by atoms with van der Waals surface area (Å²) in [5.74, 6) is -0.442. The fraction of sp³-hybridized carbons (Fsp3) is 0.290. The SMILES string of the molecule is C=C(C(=O)Nc1ccc(-c2c(-c3ccc(OC(=O)N4CCCCC4)c(F)c3)c3c(N)ncnc3n2C)cc1)C1CC1. The topological polar surface area (TPSA) is 115 Å². The molecule has 3 heterocycles. The minimum absolute atomic E-state index is 0.136. The fourth-order valence-electron chi connectivity index (χ4n) is 5.41. The number of amides is 2. The molecule has 2 aromatic heterocycles. The molecule has 1 aliphatic carbocycles. The van der Waals surface area contributed by atoms with Gasteiger partial charge in [-0.2, -0.15) is 0 Å². The highest BCUT2D eigenvalue weighted by molar-refractivity contribution is 6.08. The maximum atomic E-state index is 15.4. The van der Waals surface area contributed by atoms with Crippen LogP contribution < -0.4 is 15.8 Å². The van der Waals surface area contributed by atoms with Crippen molar-refractivity contribution in [2.24, 2.45) is 13.0 Å². The van der Waals surface area contributed by atoms with Crippen molar-refractivity contribution in [1.82, 2.24) is 19.4 Å². The quantitative estimate of drug-likeness (QED) is 0.286. The number of benzene rings is 2. The summed E-state index contributed by atoms with van der Waals surface area (Å²) < 4.78 is 22.7. The molecule has 1 saturated carbocycles. The van der Waals surface area contributed by atoms with E-state index >= 15 is 4.39 Å². The number of carbonyl (C=O) groups is 2. The summed E-state index contributed by atoms with van der Waals surface area (Å²) in [5, 5.41) is 3.49. The van der Waals surface area contributed by atoms with Gasteiger partial charge in [0.05, 0.1) is 11.1 Å². The van der Waals surface area contributed by atoms with Crippen LogP contribution in [0.15, 0.2) is 60.9 Å². The van der Waals surface area contributed by atoms with E-state index in [0.29, 0.717) is 46.5 Å². The van der Waals surface area contributed by atoms with Crippen molar-refractivity contribution in [2.75, 3.05) is 24.1 Å². The van der Waals surface area contributed by atoms with Crippen LogP contribution in [0, 0.1) is 11.7 Å². The second-order valence-electron chi connectivity index (χ2n) is 10.6. The predicted octanol–water partition coefficient (Wildman–Crippen LogP) is 5.91. The zero-order valence-corrected chi connectivity index (χ0v) is 22.8. The Labute approximate surface area is 236 Å². The minimum Gasteiger partial charge on any atom is -0.407 e. The molecule has 2 amide bonds. The van der Waals surface area contributed by atoms with Gasteiger partial charge in [-0.3, -0.25) is 4.79 Å². The second kappa shape index (κ2) is 10.7. The number of likely N-dealkylation sites (tertiary alicyclic amines) is 1. The largest absolute Gasteiger partial charge is 0.415 e. The highest BCUT2D eigenvalue weighted by atomic mass is 19.1. The first-order chi connectivity index (χ1) is 19.8. The smallest absolute Gasteiger partial charge is 0.407 e. The van der Waals surface area contributed by atoms with Gasteiger partial charge in [-0.15, -0.1) is 0 Å². The van der Waals surface area contributed by atoms with Gasteiger partial charge in [0.1, 0.15) is 17.8 Å². The van der Waals surface area contributed by atoms with Crippen molar-refractivity contribution in [3.8, 4) is 28.1 Å². The van der Waals surface area contributed by atoms with Gasteiger partial charge in [0, 0.05) is 37.0 Å². The molecule has 210 valence electrons. The van der Waals surface area contributed by atoms with Crippen molar-refractivity contribution < 1.29 is 18.7 Å². The maximum absolute atomic E-state index is 15.4. The molecule has 41 heavy (non-hydrogen) atoms. The standard InChI is InChI=1S/C31H31FN6O3/c1-18(19-6-7-19)30(39)36-22-11-8-20(9-12-22)27-25(26-28(33)34-17-35-29(26)37(27)2)21-10-13-24(23(32)16-21)41-31(40)38-14-4-3-5-15-38/h8-13,16-17,19H,1,3-7,14-15H2,2H3,(H,36,39)(H2,33,34,35). The number of hydrogen-bond acceptors (Lipinski definition) is 6. The molecule has 0 bridgehead atoms. The van der Waals surface area contributed by atoms with Crippen LogP contribution in [0.5, 0.6) is 5.75 Å². The Balaban J connectivity index is 1.35. The highest BCUT2D eigenvalue weighted by Crippen LogP contribution is 2.43. The van der Waals surface area contributed by atoms with Crippen molar-refractivity contribution in [3.63, 3.8) is 0 Å². The molecular weight excluding hydrogens is 523 g/mol. The van der Waals surface area contributed by atoms with Crippen LogP contribution in [-0.2, 0) is 11.8 Å². The molecule has 10 heteroatoms. The monoisotopic (exact) mass is 554 g/mol. The molecule has 1 saturated heterocycles. The zero-order valence-electron chi connectivity index (χ0n) is 22.8. The number of ether oxygens (including phenoxy) is 1. The molecule has 9 nitrogen and oxygen atoms in total. The number of anilines is 2. The molecule has 2 aliphatic rings. The van der Waals surface area contributed by atoms with E-state index in [0.717, 1.165) is 43.4 Å². The summed E-state index contributed by atoms with van der Waals surface area (Å²) in [6.07, 6.45) is 5.74. The number of halogens is 1. The van der Waals surface area contributed by atoms with Crippen LogP contribution in [0.25, 0.3) is 33.4 Å². The van der Waals surface area contributed by atoms with Crippen molar-refractivity contribution in [3.05, 3.63) is 66.8 Å². The molecular formula is C31H31FN6O3. The molecule has 6 rings (SSSR count). The van der Waals surface area contributed by atoms with E-state index in [4.69, 9.17) is 10.5 Å². The predicted molar refractivity (Wildman–Crippen MR) is 156 cm³/mol. The van der Waals surface area contributed by atoms with Gasteiger partial charge in [-0.25, -0.2) is 19.2 Å². The summed E-state index contributed by atoms with van der Waals surface area (Å²) in [4.78, 5) is 35.3. The Bertz CT molecular complexity index is 1670. The lowest BCUT2D eigenvalue weighted by atomic mass is 9.98. The number of piperidine rings is 1. The van der Waals surface area contributed by atoms with Gasteiger partial charge in [0.2, 0.25) is 0 Å². The van der Waals surface area contributed by atoms with Crippen molar-refractivity contribution >= 4 is 34.5 Å². The number of rotatable bonds is 6. The lowest BCUT2D eigenvalue weighted by molar-refractivity contribution is -0.113. The van der Waals surface area contributed by atoms with Crippen LogP contribution in [0.1, 0.15) is 32.1 Å². The summed E-state index contributed by atoms with van der Waals surface area (Å²) in [6, 6.07) is 11.9. The van der Waals surface area contributed by atoms with Crippen molar-refractivity contribution in [1.29, 1.82) is 0 Å². The van der Waals surface area contributed by atoms with Crippen LogP contribution in [0.2, 0.25) is 0 Å². The van der Waals surface area contributed by atoms with E-state index in [1.807, 2.05) is 35.9 Å². The van der Waals surface area contributed by atoms with E-state index in [2.05, 4.69) is 21.9 Å². The summed E-state index contributed by atoms with van der Waals surface area (Å²) in [6.45, 7) is 5.13. The van der Waals surface area contributed by atoms with Gasteiger partial charge in [-0.1, -0.05) is 24.8 Å². The molecule has 3 N–H and O–H groups in total. The Morgan fingerprint density at radius 2 is 1.76 bits per heavy atom. The van der Waals surface area contributed by atoms with Gasteiger partial charge >= 0.3 is 6.09 Å². The first-order valence-corrected chi connectivity index (χ1v) is 13.8. The summed E-state index contributed by atoms with van der Waals surface area (Å²) in [7, 11) is 1.86. The van der Waals surface area contributed by atoms with Gasteiger partial charge < -0.3 is 25.3 Å². The van der Waals surface area contributed by atoms with Crippen LogP contribution in [0.3, 0.4) is 0 Å². The first-order valence-electron chi connectivity index (χ1n) is 13.8. The number of nitrogen functional groups attached to an aromatic ring is 1. The number of nitrogens with two attached hydrogens (primary N) is 1.